The van der Waals surface area contributed by atoms with E-state index in [1.165, 1.54) is 11.3 Å². The fraction of sp³-hybridized carbons (Fsp3) is 0.611. The molecule has 1 unspecified atom stereocenters. The van der Waals surface area contributed by atoms with E-state index >= 15 is 0 Å². The summed E-state index contributed by atoms with van der Waals surface area (Å²) in [7, 11) is 0. The lowest BCUT2D eigenvalue weighted by Gasteiger charge is -2.19. The molecule has 0 saturated carbocycles. The van der Waals surface area contributed by atoms with E-state index in [9.17, 15) is 14.7 Å². The zero-order valence-electron chi connectivity index (χ0n) is 14.5. The van der Waals surface area contributed by atoms with Gasteiger partial charge < -0.3 is 5.11 Å². The van der Waals surface area contributed by atoms with Crippen molar-refractivity contribution in [3.63, 3.8) is 0 Å². The third-order valence-electron chi connectivity index (χ3n) is 4.75. The van der Waals surface area contributed by atoms with Gasteiger partial charge in [0.05, 0.1) is 11.3 Å². The number of nitrogens with zero attached hydrogens (tertiary/aromatic N) is 2. The molecule has 5 nitrogen and oxygen atoms in total. The van der Waals surface area contributed by atoms with Crippen molar-refractivity contribution in [2.45, 2.75) is 71.3 Å². The largest absolute Gasteiger partial charge is 0.481 e. The molecule has 0 aromatic carbocycles. The van der Waals surface area contributed by atoms with Gasteiger partial charge in [-0.3, -0.25) is 14.2 Å². The number of thiophene rings is 1. The number of carboxylic acid groups (broad SMARTS) is 1. The van der Waals surface area contributed by atoms with Crippen LogP contribution in [-0.4, -0.2) is 20.6 Å². The fourth-order valence-corrected chi connectivity index (χ4v) is 4.82. The van der Waals surface area contributed by atoms with Crippen molar-refractivity contribution in [2.75, 3.05) is 0 Å². The summed E-state index contributed by atoms with van der Waals surface area (Å²) >= 11 is 1.51. The maximum absolute atomic E-state index is 13.2. The summed E-state index contributed by atoms with van der Waals surface area (Å²) in [5, 5.41) is 10.1. The highest BCUT2D eigenvalue weighted by atomic mass is 32.1. The lowest BCUT2D eigenvalue weighted by Crippen LogP contribution is -2.27. The number of rotatable bonds is 5. The molecular weight excluding hydrogens is 324 g/mol. The smallest absolute Gasteiger partial charge is 0.311 e. The van der Waals surface area contributed by atoms with Crippen LogP contribution in [0.5, 0.6) is 0 Å². The van der Waals surface area contributed by atoms with E-state index in [0.29, 0.717) is 18.4 Å². The predicted molar refractivity (Wildman–Crippen MR) is 96.2 cm³/mol. The molecule has 2 aromatic heterocycles. The van der Waals surface area contributed by atoms with Crippen molar-refractivity contribution in [1.82, 2.24) is 9.55 Å². The number of hydrogen-bond donors (Lipinski definition) is 1. The number of carbonyl (C=O) groups is 1. The molecule has 0 radical (unpaired) electrons. The van der Waals surface area contributed by atoms with Crippen molar-refractivity contribution >= 4 is 27.5 Å². The molecule has 130 valence electrons. The van der Waals surface area contributed by atoms with Gasteiger partial charge in [0.25, 0.3) is 5.56 Å². The standard InChI is InChI=1S/C18H24N2O3S/c1-4-5-9-20-15(10(2)3)19-16-14(17(20)21)13-11(18(22)23)7-6-8-12(13)24-16/h10-11H,4-9H2,1-3H3,(H,22,23). The molecule has 2 aromatic rings. The Bertz CT molecular complexity index is 835. The van der Waals surface area contributed by atoms with Gasteiger partial charge in [0.15, 0.2) is 0 Å². The van der Waals surface area contributed by atoms with E-state index < -0.39 is 11.9 Å². The van der Waals surface area contributed by atoms with Gasteiger partial charge in [0.1, 0.15) is 10.7 Å². The number of aryl methyl sites for hydroxylation is 1. The predicted octanol–water partition coefficient (Wildman–Crippen LogP) is 3.89. The van der Waals surface area contributed by atoms with Crippen LogP contribution in [-0.2, 0) is 17.8 Å². The van der Waals surface area contributed by atoms with Gasteiger partial charge in [-0.2, -0.15) is 0 Å². The van der Waals surface area contributed by atoms with Crippen LogP contribution in [0.15, 0.2) is 4.79 Å². The van der Waals surface area contributed by atoms with Crippen LogP contribution >= 0.6 is 11.3 Å². The molecule has 24 heavy (non-hydrogen) atoms. The van der Waals surface area contributed by atoms with Crippen LogP contribution in [0.4, 0.5) is 0 Å². The fourth-order valence-electron chi connectivity index (χ4n) is 3.55. The number of aliphatic carboxylic acids is 1. The summed E-state index contributed by atoms with van der Waals surface area (Å²) in [6.45, 7) is 6.83. The van der Waals surface area contributed by atoms with Gasteiger partial charge in [-0.05, 0) is 31.2 Å². The Kier molecular flexibility index (Phi) is 4.76. The lowest BCUT2D eigenvalue weighted by atomic mass is 9.86. The topological polar surface area (TPSA) is 72.2 Å². The minimum absolute atomic E-state index is 0.0530. The molecule has 0 spiro atoms. The van der Waals surface area contributed by atoms with Gasteiger partial charge in [0.2, 0.25) is 0 Å². The third-order valence-corrected chi connectivity index (χ3v) is 5.91. The Morgan fingerprint density at radius 3 is 2.83 bits per heavy atom. The van der Waals surface area contributed by atoms with Gasteiger partial charge in [-0.25, -0.2) is 4.98 Å². The maximum Gasteiger partial charge on any atom is 0.311 e. The summed E-state index contributed by atoms with van der Waals surface area (Å²) in [6, 6.07) is 0. The average molecular weight is 348 g/mol. The van der Waals surface area contributed by atoms with E-state index in [1.807, 2.05) is 13.8 Å². The van der Waals surface area contributed by atoms with E-state index in [0.717, 1.165) is 46.8 Å². The second-order valence-corrected chi connectivity index (χ2v) is 7.92. The summed E-state index contributed by atoms with van der Waals surface area (Å²) in [4.78, 5) is 31.4. The van der Waals surface area contributed by atoms with Gasteiger partial charge in [-0.1, -0.05) is 27.2 Å². The van der Waals surface area contributed by atoms with Crippen molar-refractivity contribution in [1.29, 1.82) is 0 Å². The Balaban J connectivity index is 2.30. The second-order valence-electron chi connectivity index (χ2n) is 6.84. The number of hydrogen-bond acceptors (Lipinski definition) is 4. The van der Waals surface area contributed by atoms with Crippen LogP contribution in [0.2, 0.25) is 0 Å². The van der Waals surface area contributed by atoms with Crippen LogP contribution in [0.3, 0.4) is 0 Å². The third kappa shape index (κ3) is 2.77. The normalized spacial score (nSPS) is 17.4. The quantitative estimate of drug-likeness (QED) is 0.890. The number of carboxylic acids is 1. The molecule has 0 bridgehead atoms. The Morgan fingerprint density at radius 2 is 2.21 bits per heavy atom. The summed E-state index contributed by atoms with van der Waals surface area (Å²) < 4.78 is 1.77. The molecule has 3 rings (SSSR count). The van der Waals surface area contributed by atoms with Gasteiger partial charge in [-0.15, -0.1) is 11.3 Å². The first-order chi connectivity index (χ1) is 11.5. The molecule has 0 fully saturated rings. The van der Waals surface area contributed by atoms with E-state index in [-0.39, 0.29) is 11.5 Å². The summed E-state index contributed by atoms with van der Waals surface area (Å²) in [5.41, 5.74) is 0.689. The first-order valence-electron chi connectivity index (χ1n) is 8.74. The second kappa shape index (κ2) is 6.67. The van der Waals surface area contributed by atoms with Crippen molar-refractivity contribution in [2.24, 2.45) is 0 Å². The Morgan fingerprint density at radius 1 is 1.46 bits per heavy atom. The number of fused-ring (bicyclic) bond motifs is 3. The average Bonchev–Trinajstić information content (AvgIpc) is 2.91. The molecule has 0 saturated heterocycles. The SMILES string of the molecule is CCCCn1c(C(C)C)nc2sc3c(c2c1=O)C(C(=O)O)CCC3. The zero-order valence-corrected chi connectivity index (χ0v) is 15.3. The molecule has 0 aliphatic heterocycles. The zero-order chi connectivity index (χ0) is 17.4. The highest BCUT2D eigenvalue weighted by Gasteiger charge is 2.32. The highest BCUT2D eigenvalue weighted by Crippen LogP contribution is 2.40. The monoisotopic (exact) mass is 348 g/mol. The van der Waals surface area contributed by atoms with Gasteiger partial charge >= 0.3 is 5.97 Å². The van der Waals surface area contributed by atoms with Crippen LogP contribution < -0.4 is 5.56 Å². The minimum atomic E-state index is -0.830. The van der Waals surface area contributed by atoms with E-state index in [1.54, 1.807) is 4.57 Å². The molecule has 1 aliphatic carbocycles. The van der Waals surface area contributed by atoms with Crippen molar-refractivity contribution in [3.8, 4) is 0 Å². The van der Waals surface area contributed by atoms with Crippen LogP contribution in [0, 0.1) is 0 Å². The number of unbranched alkanes of at least 4 members (excludes halogenated alkanes) is 1. The van der Waals surface area contributed by atoms with Crippen molar-refractivity contribution < 1.29 is 9.90 Å². The molecule has 2 heterocycles. The molecular formula is C18H24N2O3S. The summed E-state index contributed by atoms with van der Waals surface area (Å²) in [5.74, 6) is -0.426. The van der Waals surface area contributed by atoms with E-state index in [4.69, 9.17) is 4.98 Å². The molecule has 0 amide bonds. The summed E-state index contributed by atoms with van der Waals surface area (Å²) in [6.07, 6.45) is 4.24. The molecule has 6 heteroatoms. The first-order valence-corrected chi connectivity index (χ1v) is 9.56. The Hall–Kier alpha value is -1.69. The van der Waals surface area contributed by atoms with E-state index in [2.05, 4.69) is 6.92 Å². The lowest BCUT2D eigenvalue weighted by molar-refractivity contribution is -0.139. The minimum Gasteiger partial charge on any atom is -0.481 e. The van der Waals surface area contributed by atoms with Crippen molar-refractivity contribution in [3.05, 3.63) is 26.6 Å². The Labute approximate surface area is 145 Å². The number of aromatic nitrogens is 2. The van der Waals surface area contributed by atoms with Crippen LogP contribution in [0.1, 0.15) is 74.6 Å². The van der Waals surface area contributed by atoms with Gasteiger partial charge in [0, 0.05) is 17.3 Å². The molecule has 1 atom stereocenters. The highest BCUT2D eigenvalue weighted by molar-refractivity contribution is 7.18. The maximum atomic E-state index is 13.2. The first kappa shape index (κ1) is 17.1. The van der Waals surface area contributed by atoms with Crippen LogP contribution in [0.25, 0.3) is 10.2 Å². The molecule has 1 N–H and O–H groups in total. The molecule has 1 aliphatic rings.